The Morgan fingerprint density at radius 2 is 1.91 bits per heavy atom. The molecule has 4 aromatic rings. The molecule has 0 spiro atoms. The third kappa shape index (κ3) is 4.24. The van der Waals surface area contributed by atoms with Crippen LogP contribution in [-0.4, -0.2) is 34.7 Å². The predicted octanol–water partition coefficient (Wildman–Crippen LogP) is 4.83. The van der Waals surface area contributed by atoms with Gasteiger partial charge >= 0.3 is 6.18 Å². The topological polar surface area (TPSA) is 78.3 Å². The Balaban J connectivity index is 1.58. The fourth-order valence-electron chi connectivity index (χ4n) is 3.22. The Morgan fingerprint density at radius 3 is 2.62 bits per heavy atom. The van der Waals surface area contributed by atoms with Crippen molar-refractivity contribution in [3.8, 4) is 22.8 Å². The second-order valence-corrected chi connectivity index (χ2v) is 7.52. The normalized spacial score (nSPS) is 11.5. The number of hydrogen-bond donors (Lipinski definition) is 1. The van der Waals surface area contributed by atoms with Gasteiger partial charge in [-0.3, -0.25) is 4.79 Å². The molecule has 1 N–H and O–H groups in total. The fraction of sp³-hybridized carbons (Fsp3) is 0.190. The van der Waals surface area contributed by atoms with Gasteiger partial charge in [0.1, 0.15) is 18.0 Å². The van der Waals surface area contributed by atoms with E-state index in [4.69, 9.17) is 9.47 Å². The molecule has 1 amide bonds. The molecule has 0 saturated heterocycles. The molecule has 32 heavy (non-hydrogen) atoms. The number of carbonyl (C=O) groups is 1. The maximum absolute atomic E-state index is 13.4. The Morgan fingerprint density at radius 1 is 1.12 bits per heavy atom. The number of ether oxygens (including phenoxy) is 2. The highest BCUT2D eigenvalue weighted by molar-refractivity contribution is 7.14. The van der Waals surface area contributed by atoms with Crippen LogP contribution in [0.3, 0.4) is 0 Å². The Kier molecular flexibility index (Phi) is 5.74. The molecule has 0 atom stereocenters. The number of thiazole rings is 1. The van der Waals surface area contributed by atoms with Gasteiger partial charge < -0.3 is 19.4 Å². The highest BCUT2D eigenvalue weighted by Crippen LogP contribution is 2.35. The molecular weight excluding hydrogens is 445 g/mol. The lowest BCUT2D eigenvalue weighted by Crippen LogP contribution is -2.23. The first-order valence-electron chi connectivity index (χ1n) is 9.30. The van der Waals surface area contributed by atoms with Crippen LogP contribution in [0.2, 0.25) is 0 Å². The summed E-state index contributed by atoms with van der Waals surface area (Å²) in [5.74, 6) is -0.619. The van der Waals surface area contributed by atoms with E-state index in [2.05, 4.69) is 15.3 Å². The van der Waals surface area contributed by atoms with E-state index in [1.807, 2.05) is 0 Å². The number of fused-ring (bicyclic) bond motifs is 1. The van der Waals surface area contributed by atoms with Crippen LogP contribution in [0, 0.1) is 0 Å². The van der Waals surface area contributed by atoms with Crippen LogP contribution >= 0.6 is 11.3 Å². The second-order valence-electron chi connectivity index (χ2n) is 6.66. The molecule has 0 radical (unpaired) electrons. The molecule has 7 nitrogen and oxygen atoms in total. The number of para-hydroxylation sites is 2. The molecule has 0 aliphatic heterocycles. The van der Waals surface area contributed by atoms with Crippen molar-refractivity contribution in [1.82, 2.24) is 14.5 Å². The molecule has 2 aromatic carbocycles. The summed E-state index contributed by atoms with van der Waals surface area (Å²) in [4.78, 5) is 20.6. The summed E-state index contributed by atoms with van der Waals surface area (Å²) < 4.78 is 51.8. The molecule has 4 rings (SSSR count). The van der Waals surface area contributed by atoms with Crippen molar-refractivity contribution >= 4 is 33.4 Å². The number of alkyl halides is 3. The highest BCUT2D eigenvalue weighted by Gasteiger charge is 2.38. The van der Waals surface area contributed by atoms with E-state index in [0.29, 0.717) is 22.8 Å². The van der Waals surface area contributed by atoms with Crippen molar-refractivity contribution in [2.24, 2.45) is 0 Å². The number of hydrogen-bond acceptors (Lipinski definition) is 6. The number of benzene rings is 2. The van der Waals surface area contributed by atoms with Gasteiger partial charge in [0.2, 0.25) is 11.7 Å². The minimum atomic E-state index is -4.70. The summed E-state index contributed by atoms with van der Waals surface area (Å²) in [6.45, 7) is -0.563. The second kappa shape index (κ2) is 8.50. The molecule has 0 fully saturated rings. The van der Waals surface area contributed by atoms with Gasteiger partial charge in [-0.05, 0) is 30.3 Å². The highest BCUT2D eigenvalue weighted by atomic mass is 32.1. The van der Waals surface area contributed by atoms with E-state index in [-0.39, 0.29) is 16.2 Å². The quantitative estimate of drug-likeness (QED) is 0.444. The number of nitrogens with zero attached hydrogens (tertiary/aromatic N) is 3. The van der Waals surface area contributed by atoms with Crippen molar-refractivity contribution < 1.29 is 27.4 Å². The number of imidazole rings is 1. The molecule has 2 aromatic heterocycles. The number of nitrogens with one attached hydrogen (secondary N) is 1. The standard InChI is InChI=1S/C21H17F3N4O3S/c1-30-12-7-8-17(31-2)13(9-12)15-11-32-20(26-15)27-18(29)10-28-16-6-4-3-5-14(16)25-19(28)21(22,23)24/h3-9,11H,10H2,1-2H3,(H,26,27,29). The van der Waals surface area contributed by atoms with E-state index >= 15 is 0 Å². The number of halogens is 3. The first kappa shape index (κ1) is 21.6. The van der Waals surface area contributed by atoms with E-state index < -0.39 is 24.5 Å². The molecular formula is C21H17F3N4O3S. The zero-order chi connectivity index (χ0) is 22.9. The van der Waals surface area contributed by atoms with Crippen molar-refractivity contribution in [1.29, 1.82) is 0 Å². The minimum absolute atomic E-state index is 0.161. The van der Waals surface area contributed by atoms with Gasteiger partial charge in [0.25, 0.3) is 0 Å². The van der Waals surface area contributed by atoms with E-state index in [9.17, 15) is 18.0 Å². The van der Waals surface area contributed by atoms with Gasteiger partial charge in [-0.2, -0.15) is 13.2 Å². The molecule has 166 valence electrons. The van der Waals surface area contributed by atoms with Crippen LogP contribution in [-0.2, 0) is 17.5 Å². The maximum Gasteiger partial charge on any atom is 0.449 e. The summed E-state index contributed by atoms with van der Waals surface area (Å²) in [6, 6.07) is 11.3. The summed E-state index contributed by atoms with van der Waals surface area (Å²) in [6.07, 6.45) is -4.70. The molecule has 0 saturated carbocycles. The molecule has 2 heterocycles. The van der Waals surface area contributed by atoms with Gasteiger partial charge in [0.05, 0.1) is 30.9 Å². The van der Waals surface area contributed by atoms with Crippen molar-refractivity contribution in [3.63, 3.8) is 0 Å². The zero-order valence-electron chi connectivity index (χ0n) is 16.9. The van der Waals surface area contributed by atoms with Crippen LogP contribution in [0.5, 0.6) is 11.5 Å². The van der Waals surface area contributed by atoms with Gasteiger partial charge in [-0.15, -0.1) is 11.3 Å². The molecule has 0 aliphatic carbocycles. The van der Waals surface area contributed by atoms with Gasteiger partial charge in [0, 0.05) is 10.9 Å². The van der Waals surface area contributed by atoms with Crippen LogP contribution in [0.1, 0.15) is 5.82 Å². The van der Waals surface area contributed by atoms with E-state index in [1.54, 1.807) is 35.7 Å². The summed E-state index contributed by atoms with van der Waals surface area (Å²) in [5, 5.41) is 4.51. The van der Waals surface area contributed by atoms with E-state index in [1.165, 1.54) is 26.4 Å². The third-order valence-electron chi connectivity index (χ3n) is 4.64. The largest absolute Gasteiger partial charge is 0.497 e. The summed E-state index contributed by atoms with van der Waals surface area (Å²) >= 11 is 1.14. The fourth-order valence-corrected chi connectivity index (χ4v) is 3.95. The van der Waals surface area contributed by atoms with Crippen LogP contribution in [0.15, 0.2) is 47.8 Å². The van der Waals surface area contributed by atoms with E-state index in [0.717, 1.165) is 15.9 Å². The van der Waals surface area contributed by atoms with Crippen molar-refractivity contribution in [2.45, 2.75) is 12.7 Å². The number of carbonyl (C=O) groups excluding carboxylic acids is 1. The van der Waals surface area contributed by atoms with Crippen molar-refractivity contribution in [3.05, 3.63) is 53.7 Å². The SMILES string of the molecule is COc1ccc(OC)c(-c2csc(NC(=O)Cn3c(C(F)(F)F)nc4ccccc43)n2)c1. The third-order valence-corrected chi connectivity index (χ3v) is 5.40. The van der Waals surface area contributed by atoms with Crippen LogP contribution in [0.25, 0.3) is 22.3 Å². The number of amides is 1. The van der Waals surface area contributed by atoms with Crippen molar-refractivity contribution in [2.75, 3.05) is 19.5 Å². The molecule has 0 unspecified atom stereocenters. The summed E-state index contributed by atoms with van der Waals surface area (Å²) in [5.41, 5.74) is 1.57. The maximum atomic E-state index is 13.4. The Labute approximate surface area is 184 Å². The average molecular weight is 462 g/mol. The first-order chi connectivity index (χ1) is 15.3. The average Bonchev–Trinajstić information content (AvgIpc) is 3.38. The lowest BCUT2D eigenvalue weighted by atomic mass is 10.1. The monoisotopic (exact) mass is 462 g/mol. The molecule has 0 bridgehead atoms. The van der Waals surface area contributed by atoms with Gasteiger partial charge in [-0.25, -0.2) is 9.97 Å². The Bertz CT molecular complexity index is 1280. The smallest absolute Gasteiger partial charge is 0.449 e. The van der Waals surface area contributed by atoms with Gasteiger partial charge in [-0.1, -0.05) is 12.1 Å². The number of methoxy groups -OCH3 is 2. The van der Waals surface area contributed by atoms with Gasteiger partial charge in [0.15, 0.2) is 5.13 Å². The lowest BCUT2D eigenvalue weighted by molar-refractivity contribution is -0.147. The van der Waals surface area contributed by atoms with Crippen LogP contribution < -0.4 is 14.8 Å². The first-order valence-corrected chi connectivity index (χ1v) is 10.2. The number of rotatable bonds is 6. The Hall–Kier alpha value is -3.60. The minimum Gasteiger partial charge on any atom is -0.497 e. The summed E-state index contributed by atoms with van der Waals surface area (Å²) in [7, 11) is 3.06. The number of aromatic nitrogens is 3. The zero-order valence-corrected chi connectivity index (χ0v) is 17.8. The molecule has 11 heteroatoms. The lowest BCUT2D eigenvalue weighted by Gasteiger charge is -2.11. The number of anilines is 1. The predicted molar refractivity (Wildman–Crippen MR) is 114 cm³/mol. The van der Waals surface area contributed by atoms with Crippen LogP contribution in [0.4, 0.5) is 18.3 Å². The molecule has 0 aliphatic rings.